The molecular weight excluding hydrogens is 231 g/mol. The lowest BCUT2D eigenvalue weighted by molar-refractivity contribution is -0.136. The molecule has 0 amide bonds. The van der Waals surface area contributed by atoms with Crippen LogP contribution in [0.1, 0.15) is 31.7 Å². The van der Waals surface area contributed by atoms with Crippen molar-refractivity contribution in [3.05, 3.63) is 18.0 Å². The van der Waals surface area contributed by atoms with Crippen molar-refractivity contribution in [1.82, 2.24) is 9.78 Å². The van der Waals surface area contributed by atoms with Crippen LogP contribution in [0.25, 0.3) is 0 Å². The highest BCUT2D eigenvalue weighted by molar-refractivity contribution is 5.05. The Bertz CT molecular complexity index is 333. The fourth-order valence-electron chi connectivity index (χ4n) is 1.52. The van der Waals surface area contributed by atoms with Gasteiger partial charge in [-0.2, -0.15) is 18.3 Å². The number of hydrogen-bond acceptors (Lipinski definition) is 2. The molecule has 3 nitrogen and oxygen atoms in total. The summed E-state index contributed by atoms with van der Waals surface area (Å²) < 4.78 is 37.4. The van der Waals surface area contributed by atoms with E-state index < -0.39 is 12.6 Å². The highest BCUT2D eigenvalue weighted by Gasteiger charge is 2.26. The molecule has 1 unspecified atom stereocenters. The summed E-state index contributed by atoms with van der Waals surface area (Å²) in [6.07, 6.45) is 0.242. The Morgan fingerprint density at radius 2 is 2.18 bits per heavy atom. The Hall–Kier alpha value is -1.04. The van der Waals surface area contributed by atoms with E-state index in [1.54, 1.807) is 17.1 Å². The van der Waals surface area contributed by atoms with Crippen LogP contribution in [0.3, 0.4) is 0 Å². The van der Waals surface area contributed by atoms with E-state index in [4.69, 9.17) is 5.73 Å². The van der Waals surface area contributed by atoms with E-state index in [-0.39, 0.29) is 12.5 Å². The van der Waals surface area contributed by atoms with Crippen molar-refractivity contribution in [2.75, 3.05) is 0 Å². The van der Waals surface area contributed by atoms with Crippen LogP contribution in [-0.4, -0.2) is 22.0 Å². The Balaban J connectivity index is 2.36. The third-order valence-corrected chi connectivity index (χ3v) is 2.56. The first-order chi connectivity index (χ1) is 7.90. The van der Waals surface area contributed by atoms with Gasteiger partial charge in [0, 0.05) is 25.2 Å². The minimum absolute atomic E-state index is 0.0600. The summed E-state index contributed by atoms with van der Waals surface area (Å²) in [5.41, 5.74) is 6.76. The minimum atomic E-state index is -4.08. The van der Waals surface area contributed by atoms with Gasteiger partial charge in [0.2, 0.25) is 0 Å². The van der Waals surface area contributed by atoms with Gasteiger partial charge in [0.15, 0.2) is 0 Å². The molecule has 1 aromatic heterocycles. The number of rotatable bonds is 6. The predicted molar refractivity (Wildman–Crippen MR) is 59.5 cm³/mol. The van der Waals surface area contributed by atoms with Crippen molar-refractivity contribution in [3.63, 3.8) is 0 Å². The van der Waals surface area contributed by atoms with Crippen LogP contribution in [-0.2, 0) is 13.0 Å². The minimum Gasteiger partial charge on any atom is -0.327 e. The largest absolute Gasteiger partial charge is 0.389 e. The topological polar surface area (TPSA) is 43.8 Å². The van der Waals surface area contributed by atoms with E-state index in [0.717, 1.165) is 18.4 Å². The van der Waals surface area contributed by atoms with Crippen LogP contribution in [0, 0.1) is 0 Å². The highest BCUT2D eigenvalue weighted by atomic mass is 19.4. The third kappa shape index (κ3) is 5.72. The first-order valence-electron chi connectivity index (χ1n) is 5.74. The summed E-state index contributed by atoms with van der Waals surface area (Å²) in [6.45, 7) is 2.29. The second kappa shape index (κ2) is 6.05. The van der Waals surface area contributed by atoms with E-state index in [2.05, 4.69) is 5.10 Å². The highest BCUT2D eigenvalue weighted by Crippen LogP contribution is 2.21. The van der Waals surface area contributed by atoms with Gasteiger partial charge in [-0.15, -0.1) is 0 Å². The van der Waals surface area contributed by atoms with Crippen molar-refractivity contribution in [1.29, 1.82) is 0 Å². The molecule has 0 spiro atoms. The zero-order valence-corrected chi connectivity index (χ0v) is 9.87. The van der Waals surface area contributed by atoms with Gasteiger partial charge in [0.25, 0.3) is 0 Å². The monoisotopic (exact) mass is 249 g/mol. The lowest BCUT2D eigenvalue weighted by Gasteiger charge is -2.06. The molecule has 2 N–H and O–H groups in total. The first-order valence-corrected chi connectivity index (χ1v) is 5.74. The third-order valence-electron chi connectivity index (χ3n) is 2.56. The van der Waals surface area contributed by atoms with Gasteiger partial charge in [0.05, 0.1) is 6.20 Å². The average molecular weight is 249 g/mol. The fraction of sp³-hybridized carbons (Fsp3) is 0.727. The van der Waals surface area contributed by atoms with E-state index in [1.807, 2.05) is 6.92 Å². The number of halogens is 3. The van der Waals surface area contributed by atoms with E-state index >= 15 is 0 Å². The SMILES string of the molecule is CCC(N)Cc1cnn(CCCC(F)(F)F)c1. The van der Waals surface area contributed by atoms with Crippen LogP contribution in [0.2, 0.25) is 0 Å². The number of alkyl halides is 3. The zero-order chi connectivity index (χ0) is 12.9. The van der Waals surface area contributed by atoms with Crippen LogP contribution in [0.5, 0.6) is 0 Å². The second-order valence-electron chi connectivity index (χ2n) is 4.20. The van der Waals surface area contributed by atoms with Crippen molar-refractivity contribution in [2.45, 2.75) is 51.4 Å². The van der Waals surface area contributed by atoms with Gasteiger partial charge in [-0.1, -0.05) is 6.92 Å². The maximum absolute atomic E-state index is 11.9. The van der Waals surface area contributed by atoms with Gasteiger partial charge in [-0.25, -0.2) is 0 Å². The molecular formula is C11H18F3N3. The predicted octanol–water partition coefficient (Wildman–Crippen LogP) is 2.51. The Morgan fingerprint density at radius 1 is 1.47 bits per heavy atom. The molecule has 1 heterocycles. The average Bonchev–Trinajstić information content (AvgIpc) is 2.63. The maximum atomic E-state index is 11.9. The van der Waals surface area contributed by atoms with Gasteiger partial charge in [-0.3, -0.25) is 4.68 Å². The number of aryl methyl sites for hydroxylation is 1. The van der Waals surface area contributed by atoms with Crippen molar-refractivity contribution in [3.8, 4) is 0 Å². The molecule has 0 aliphatic heterocycles. The molecule has 0 saturated carbocycles. The molecule has 17 heavy (non-hydrogen) atoms. The zero-order valence-electron chi connectivity index (χ0n) is 9.87. The summed E-state index contributed by atoms with van der Waals surface area (Å²) in [5, 5.41) is 4.02. The molecule has 0 bridgehead atoms. The lowest BCUT2D eigenvalue weighted by Crippen LogP contribution is -2.21. The summed E-state index contributed by atoms with van der Waals surface area (Å²) in [4.78, 5) is 0. The molecule has 6 heteroatoms. The van der Waals surface area contributed by atoms with Crippen LogP contribution < -0.4 is 5.73 Å². The van der Waals surface area contributed by atoms with E-state index in [9.17, 15) is 13.2 Å². The van der Waals surface area contributed by atoms with Crippen LogP contribution in [0.15, 0.2) is 12.4 Å². The van der Waals surface area contributed by atoms with E-state index in [0.29, 0.717) is 6.54 Å². The molecule has 1 rings (SSSR count). The van der Waals surface area contributed by atoms with Crippen molar-refractivity contribution >= 4 is 0 Å². The normalized spacial score (nSPS) is 13.9. The molecule has 0 saturated heterocycles. The van der Waals surface area contributed by atoms with Gasteiger partial charge >= 0.3 is 6.18 Å². The molecule has 0 fully saturated rings. The molecule has 0 radical (unpaired) electrons. The van der Waals surface area contributed by atoms with Gasteiger partial charge < -0.3 is 5.73 Å². The Morgan fingerprint density at radius 3 is 2.76 bits per heavy atom. The van der Waals surface area contributed by atoms with Crippen molar-refractivity contribution < 1.29 is 13.2 Å². The molecule has 0 aliphatic carbocycles. The standard InChI is InChI=1S/C11H18F3N3/c1-2-10(15)6-9-7-16-17(8-9)5-3-4-11(12,13)14/h7-8,10H,2-6,15H2,1H3. The smallest absolute Gasteiger partial charge is 0.327 e. The maximum Gasteiger partial charge on any atom is 0.389 e. The first kappa shape index (κ1) is 14.0. The summed E-state index contributed by atoms with van der Waals surface area (Å²) >= 11 is 0. The lowest BCUT2D eigenvalue weighted by atomic mass is 10.1. The van der Waals surface area contributed by atoms with Crippen LogP contribution in [0.4, 0.5) is 13.2 Å². The summed E-state index contributed by atoms with van der Waals surface area (Å²) in [6, 6.07) is 0.0859. The van der Waals surface area contributed by atoms with Crippen molar-refractivity contribution in [2.24, 2.45) is 5.73 Å². The van der Waals surface area contributed by atoms with Crippen LogP contribution >= 0.6 is 0 Å². The molecule has 1 aromatic rings. The molecule has 1 atom stereocenters. The summed E-state index contributed by atoms with van der Waals surface area (Å²) in [7, 11) is 0. The second-order valence-corrected chi connectivity index (χ2v) is 4.20. The van der Waals surface area contributed by atoms with E-state index in [1.165, 1.54) is 0 Å². The molecule has 98 valence electrons. The molecule has 0 aliphatic rings. The number of hydrogen-bond donors (Lipinski definition) is 1. The van der Waals surface area contributed by atoms with Gasteiger partial charge in [-0.05, 0) is 24.8 Å². The number of aromatic nitrogens is 2. The van der Waals surface area contributed by atoms with Gasteiger partial charge in [0.1, 0.15) is 0 Å². The quantitative estimate of drug-likeness (QED) is 0.841. The Kier molecular flexibility index (Phi) is 4.99. The number of nitrogens with two attached hydrogens (primary N) is 1. The fourth-order valence-corrected chi connectivity index (χ4v) is 1.52. The Labute approximate surface area is 98.8 Å². The summed E-state index contributed by atoms with van der Waals surface area (Å²) in [5.74, 6) is 0. The number of nitrogens with zero attached hydrogens (tertiary/aromatic N) is 2. The molecule has 0 aromatic carbocycles.